The fourth-order valence-corrected chi connectivity index (χ4v) is 11.9. The van der Waals surface area contributed by atoms with Crippen LogP contribution >= 0.6 is 0 Å². The molecule has 2 N–H and O–H groups in total. The van der Waals surface area contributed by atoms with Gasteiger partial charge in [-0.1, -0.05) is 71.8 Å². The van der Waals surface area contributed by atoms with Crippen LogP contribution in [0.25, 0.3) is 11.1 Å². The predicted octanol–water partition coefficient (Wildman–Crippen LogP) is 8.85. The molecule has 0 aromatic heterocycles. The van der Waals surface area contributed by atoms with Crippen LogP contribution in [0.2, 0.25) is 0 Å². The molecular formula is C42H46O6Rh2S2-2. The van der Waals surface area contributed by atoms with E-state index in [0.717, 1.165) is 47.0 Å². The number of hydrogen-bond acceptors (Lipinski definition) is 6. The quantitative estimate of drug-likeness (QED) is 0.163. The largest absolute Gasteiger partial charge is 0.870 e. The second kappa shape index (κ2) is 19.1. The maximum atomic E-state index is 13.2. The second-order valence-electron chi connectivity index (χ2n) is 13.5. The van der Waals surface area contributed by atoms with Gasteiger partial charge in [0, 0.05) is 48.7 Å². The second-order valence-corrected chi connectivity index (χ2v) is 16.8. The fourth-order valence-electron chi connectivity index (χ4n) is 8.19. The standard InChI is InChI=1S/2C21H22O2S.2H2O.2Rh/c2*1-14-3-10-18(11-4-14)24(22)21-16-7-12-19(21)20(13-16)15-5-8-17(23-2)9-6-15;;;;/h2*3-6,8-11,13,16,19,21H,7,12H2,1-2H3;2*1H2;;/p-2/t2*16-,19+,21+,24-;;;;/m00..../s1. The van der Waals surface area contributed by atoms with Crippen molar-refractivity contribution >= 4 is 32.7 Å². The first-order valence-electron chi connectivity index (χ1n) is 17.0. The summed E-state index contributed by atoms with van der Waals surface area (Å²) in [6, 6.07) is 32.8. The van der Waals surface area contributed by atoms with Gasteiger partial charge in [0.1, 0.15) is 11.5 Å². The molecule has 4 aromatic rings. The normalized spacial score (nSPS) is 24.2. The van der Waals surface area contributed by atoms with Gasteiger partial charge in [-0.05, 0) is 134 Å². The van der Waals surface area contributed by atoms with Gasteiger partial charge in [0.25, 0.3) is 0 Å². The van der Waals surface area contributed by atoms with E-state index in [4.69, 9.17) is 9.47 Å². The first kappa shape index (κ1) is 43.8. The van der Waals surface area contributed by atoms with E-state index in [-0.39, 0.29) is 60.4 Å². The molecule has 4 aliphatic rings. The number of aryl methyl sites for hydroxylation is 2. The van der Waals surface area contributed by atoms with Crippen molar-refractivity contribution in [1.82, 2.24) is 0 Å². The molecule has 52 heavy (non-hydrogen) atoms. The average Bonchev–Trinajstić information content (AvgIpc) is 3.92. The topological polar surface area (TPSA) is 113 Å². The summed E-state index contributed by atoms with van der Waals surface area (Å²) in [5.74, 6) is 3.45. The minimum absolute atomic E-state index is 0. The molecular weight excluding hydrogens is 870 g/mol. The molecule has 0 unspecified atom stereocenters. The molecule has 2 radical (unpaired) electrons. The van der Waals surface area contributed by atoms with Crippen LogP contribution in [0, 0.1) is 37.5 Å². The Kier molecular flexibility index (Phi) is 16.1. The van der Waals surface area contributed by atoms with Crippen LogP contribution in [0.15, 0.2) is 119 Å². The van der Waals surface area contributed by atoms with Crippen molar-refractivity contribution in [2.75, 3.05) is 14.2 Å². The van der Waals surface area contributed by atoms with E-state index in [1.807, 2.05) is 48.5 Å². The summed E-state index contributed by atoms with van der Waals surface area (Å²) in [4.78, 5) is 1.93. The van der Waals surface area contributed by atoms with Crippen molar-refractivity contribution in [2.45, 2.75) is 59.8 Å². The molecule has 8 atom stereocenters. The van der Waals surface area contributed by atoms with Gasteiger partial charge in [0.15, 0.2) is 0 Å². The Morgan fingerprint density at radius 1 is 0.500 bits per heavy atom. The molecule has 4 aliphatic carbocycles. The molecule has 10 heteroatoms. The Balaban J connectivity index is 0.000000260. The molecule has 6 nitrogen and oxygen atoms in total. The average molecular weight is 917 g/mol. The van der Waals surface area contributed by atoms with Gasteiger partial charge in [-0.15, -0.1) is 0 Å². The van der Waals surface area contributed by atoms with Crippen molar-refractivity contribution < 1.29 is 67.8 Å². The van der Waals surface area contributed by atoms with E-state index in [1.165, 1.54) is 33.4 Å². The van der Waals surface area contributed by atoms with Crippen molar-refractivity contribution in [3.05, 3.63) is 131 Å². The number of ether oxygens (including phenoxy) is 2. The number of rotatable bonds is 8. The number of allylic oxidation sites excluding steroid dienone is 4. The number of benzene rings is 4. The smallest absolute Gasteiger partial charge is 0.118 e. The maximum absolute atomic E-state index is 13.2. The van der Waals surface area contributed by atoms with E-state index in [1.54, 1.807) is 14.2 Å². The number of methoxy groups -OCH3 is 2. The monoisotopic (exact) mass is 916 g/mol. The Morgan fingerprint density at radius 3 is 1.13 bits per heavy atom. The van der Waals surface area contributed by atoms with Crippen molar-refractivity contribution in [1.29, 1.82) is 0 Å². The third-order valence-corrected chi connectivity index (χ3v) is 14.5. The zero-order chi connectivity index (χ0) is 33.4. The van der Waals surface area contributed by atoms with Crippen molar-refractivity contribution in [2.24, 2.45) is 23.7 Å². The summed E-state index contributed by atoms with van der Waals surface area (Å²) in [7, 11) is 1.49. The van der Waals surface area contributed by atoms with E-state index < -0.39 is 21.6 Å². The minimum atomic E-state index is -0.942. The Bertz CT molecular complexity index is 1740. The molecule has 4 aromatic carbocycles. The van der Waals surface area contributed by atoms with Gasteiger partial charge in [-0.25, -0.2) is 0 Å². The first-order valence-corrected chi connectivity index (χ1v) is 19.4. The molecule has 0 aliphatic heterocycles. The third-order valence-electron chi connectivity index (χ3n) is 10.7. The summed E-state index contributed by atoms with van der Waals surface area (Å²) in [6.45, 7) is 4.13. The molecule has 0 saturated heterocycles. The van der Waals surface area contributed by atoms with Crippen molar-refractivity contribution in [3.63, 3.8) is 0 Å². The minimum Gasteiger partial charge on any atom is -0.870 e. The van der Waals surface area contributed by atoms with Crippen LogP contribution in [0.3, 0.4) is 0 Å². The zero-order valence-corrected chi connectivity index (χ0v) is 34.6. The number of hydrogen-bond donors (Lipinski definition) is 0. The Hall–Kier alpha value is -2.57. The Morgan fingerprint density at radius 2 is 0.827 bits per heavy atom. The molecule has 2 saturated carbocycles. The molecule has 282 valence electrons. The van der Waals surface area contributed by atoms with E-state index in [9.17, 15) is 8.42 Å². The van der Waals surface area contributed by atoms with E-state index in [2.05, 4.69) is 74.5 Å². The molecule has 0 spiro atoms. The Labute approximate surface area is 338 Å². The molecule has 0 amide bonds. The van der Waals surface area contributed by atoms with Gasteiger partial charge in [-0.3, -0.25) is 8.42 Å². The fraction of sp³-hybridized carbons (Fsp3) is 0.333. The van der Waals surface area contributed by atoms with Gasteiger partial charge in [0.2, 0.25) is 0 Å². The van der Waals surface area contributed by atoms with Gasteiger partial charge >= 0.3 is 0 Å². The third kappa shape index (κ3) is 8.86. The van der Waals surface area contributed by atoms with Crippen LogP contribution in [-0.4, -0.2) is 44.1 Å². The van der Waals surface area contributed by atoms with Crippen LogP contribution in [0.5, 0.6) is 11.5 Å². The summed E-state index contributed by atoms with van der Waals surface area (Å²) in [5, 5.41) is 0.453. The van der Waals surface area contributed by atoms with E-state index in [0.29, 0.717) is 23.7 Å². The van der Waals surface area contributed by atoms with Gasteiger partial charge in [0.05, 0.1) is 46.3 Å². The van der Waals surface area contributed by atoms with Crippen LogP contribution < -0.4 is 9.47 Å². The SMILES string of the molecule is COc1ccc(C2=C[C@@H]3CC[C@H]2[C@@H]3[S@@](=O)c2ccc(C)cc2)cc1.COc1ccc(C2=C[C@@H]3CC[C@H]2[C@@H]3[S@@](=O)c2ccc(C)cc2)cc1.[OH-].[OH-].[Rh].[Rh]. The van der Waals surface area contributed by atoms with E-state index >= 15 is 0 Å². The molecule has 0 heterocycles. The zero-order valence-electron chi connectivity index (χ0n) is 29.7. The van der Waals surface area contributed by atoms with Crippen LogP contribution in [0.1, 0.15) is 47.9 Å². The summed E-state index contributed by atoms with van der Waals surface area (Å²) in [5.41, 5.74) is 7.66. The summed E-state index contributed by atoms with van der Waals surface area (Å²) >= 11 is 0. The summed E-state index contributed by atoms with van der Waals surface area (Å²) in [6.07, 6.45) is 9.34. The predicted molar refractivity (Wildman–Crippen MR) is 201 cm³/mol. The van der Waals surface area contributed by atoms with Crippen LogP contribution in [-0.2, 0) is 60.6 Å². The number of fused-ring (bicyclic) bond motifs is 4. The summed E-state index contributed by atoms with van der Waals surface area (Å²) < 4.78 is 36.8. The maximum Gasteiger partial charge on any atom is 0.118 e. The molecule has 4 bridgehead atoms. The van der Waals surface area contributed by atoms with Gasteiger partial charge in [-0.2, -0.15) is 0 Å². The molecule has 2 fully saturated rings. The first-order chi connectivity index (χ1) is 23.3. The van der Waals surface area contributed by atoms with Gasteiger partial charge < -0.3 is 20.4 Å². The molecule has 8 rings (SSSR count). The van der Waals surface area contributed by atoms with Crippen molar-refractivity contribution in [3.8, 4) is 11.5 Å². The van der Waals surface area contributed by atoms with Crippen LogP contribution in [0.4, 0.5) is 0 Å².